The highest BCUT2D eigenvalue weighted by atomic mass is 19.1. The molecule has 4 rings (SSSR count). The minimum Gasteiger partial charge on any atom is -0.508 e. The van der Waals surface area contributed by atoms with E-state index in [1.54, 1.807) is 31.2 Å². The highest BCUT2D eigenvalue weighted by molar-refractivity contribution is 6.03. The number of rotatable bonds is 2. The monoisotopic (exact) mass is 362 g/mol. The van der Waals surface area contributed by atoms with Gasteiger partial charge in [0, 0.05) is 34.2 Å². The molecule has 2 aliphatic rings. The zero-order valence-corrected chi connectivity index (χ0v) is 14.7. The molecule has 134 valence electrons. The molecular weight excluding hydrogens is 347 g/mol. The summed E-state index contributed by atoms with van der Waals surface area (Å²) < 4.78 is 19.8. The Kier molecular flexibility index (Phi) is 3.81. The molecule has 0 aromatic heterocycles. The quantitative estimate of drug-likeness (QED) is 0.409. The molecule has 1 aliphatic carbocycles. The fourth-order valence-corrected chi connectivity index (χ4v) is 3.37. The Morgan fingerprint density at radius 3 is 2.48 bits per heavy atom. The number of halogens is 1. The second-order valence-electron chi connectivity index (χ2n) is 6.58. The van der Waals surface area contributed by atoms with Crippen LogP contribution >= 0.6 is 0 Å². The molecule has 27 heavy (non-hydrogen) atoms. The Morgan fingerprint density at radius 1 is 1.00 bits per heavy atom. The summed E-state index contributed by atoms with van der Waals surface area (Å²) in [5.41, 5.74) is 3.54. The molecule has 2 aromatic rings. The first-order valence-corrected chi connectivity index (χ1v) is 8.35. The lowest BCUT2D eigenvalue weighted by atomic mass is 9.90. The lowest BCUT2D eigenvalue weighted by molar-refractivity contribution is 0.112. The molecule has 0 spiro atoms. The highest BCUT2D eigenvalue weighted by Crippen LogP contribution is 2.42. The maximum atomic E-state index is 14.1. The molecule has 0 saturated heterocycles. The average molecular weight is 362 g/mol. The molecule has 1 heterocycles. The van der Waals surface area contributed by atoms with Gasteiger partial charge in [0.1, 0.15) is 23.4 Å². The molecule has 0 radical (unpaired) electrons. The number of benzene rings is 3. The van der Waals surface area contributed by atoms with Crippen molar-refractivity contribution >= 4 is 17.3 Å². The van der Waals surface area contributed by atoms with Gasteiger partial charge in [0.2, 0.25) is 5.43 Å². The number of aldehydes is 1. The standard InChI is InChI=1S/C22H15FO4/c1-11-5-13(10-24)3-4-14(11)22-15-6-12(2)18(25)8-20(15)27-21-9-19(26)17(23)7-16(21)22/h3-10,25H,1-2H3. The van der Waals surface area contributed by atoms with E-state index in [0.29, 0.717) is 33.2 Å². The van der Waals surface area contributed by atoms with Crippen LogP contribution in [0.1, 0.15) is 21.5 Å². The Morgan fingerprint density at radius 2 is 1.78 bits per heavy atom. The molecule has 0 bridgehead atoms. The number of hydrogen-bond donors (Lipinski definition) is 1. The van der Waals surface area contributed by atoms with Gasteiger partial charge in [-0.05, 0) is 48.7 Å². The second kappa shape index (κ2) is 6.06. The molecular formula is C22H15FO4. The van der Waals surface area contributed by atoms with Crippen molar-refractivity contribution in [1.82, 2.24) is 0 Å². The van der Waals surface area contributed by atoms with E-state index in [1.165, 1.54) is 12.1 Å². The van der Waals surface area contributed by atoms with Crippen molar-refractivity contribution in [3.63, 3.8) is 0 Å². The van der Waals surface area contributed by atoms with Gasteiger partial charge in [-0.15, -0.1) is 0 Å². The van der Waals surface area contributed by atoms with Gasteiger partial charge in [-0.25, -0.2) is 4.39 Å². The summed E-state index contributed by atoms with van der Waals surface area (Å²) in [6, 6.07) is 10.7. The Balaban J connectivity index is 2.22. The molecule has 1 aliphatic heterocycles. The van der Waals surface area contributed by atoms with E-state index >= 15 is 0 Å². The maximum absolute atomic E-state index is 14.1. The van der Waals surface area contributed by atoms with Crippen molar-refractivity contribution < 1.29 is 18.7 Å². The van der Waals surface area contributed by atoms with Crippen molar-refractivity contribution in [2.75, 3.05) is 0 Å². The summed E-state index contributed by atoms with van der Waals surface area (Å²) in [5.74, 6) is -0.573. The molecule has 4 nitrogen and oxygen atoms in total. The first kappa shape index (κ1) is 17.0. The summed E-state index contributed by atoms with van der Waals surface area (Å²) in [5, 5.41) is 10.7. The fraction of sp³-hybridized carbons (Fsp3) is 0.0909. The third kappa shape index (κ3) is 2.68. The number of carbonyl (C=O) groups is 1. The Bertz CT molecular complexity index is 1250. The van der Waals surface area contributed by atoms with Crippen molar-refractivity contribution in [3.8, 4) is 28.2 Å². The van der Waals surface area contributed by atoms with Crippen LogP contribution in [0.15, 0.2) is 51.7 Å². The lowest BCUT2D eigenvalue weighted by Crippen LogP contribution is -2.06. The molecule has 2 aromatic carbocycles. The summed E-state index contributed by atoms with van der Waals surface area (Å²) in [7, 11) is 0. The minimum atomic E-state index is -0.865. The number of phenolic OH excluding ortho intramolecular Hbond substituents is 1. The summed E-state index contributed by atoms with van der Waals surface area (Å²) in [4.78, 5) is 22.8. The van der Waals surface area contributed by atoms with Gasteiger partial charge in [-0.1, -0.05) is 12.1 Å². The van der Waals surface area contributed by atoms with Crippen LogP contribution in [-0.2, 0) is 0 Å². The van der Waals surface area contributed by atoms with Gasteiger partial charge in [-0.2, -0.15) is 0 Å². The van der Waals surface area contributed by atoms with Crippen LogP contribution in [0.25, 0.3) is 33.4 Å². The van der Waals surface area contributed by atoms with Crippen LogP contribution in [0.2, 0.25) is 0 Å². The van der Waals surface area contributed by atoms with Gasteiger partial charge < -0.3 is 9.52 Å². The molecule has 0 fully saturated rings. The van der Waals surface area contributed by atoms with E-state index < -0.39 is 11.2 Å². The summed E-state index contributed by atoms with van der Waals surface area (Å²) in [6.45, 7) is 3.61. The molecule has 5 heteroatoms. The van der Waals surface area contributed by atoms with Crippen LogP contribution in [0, 0.1) is 19.7 Å². The summed E-state index contributed by atoms with van der Waals surface area (Å²) in [6.07, 6.45) is 0.763. The van der Waals surface area contributed by atoms with Crippen LogP contribution in [0.3, 0.4) is 0 Å². The van der Waals surface area contributed by atoms with E-state index in [4.69, 9.17) is 4.42 Å². The fourth-order valence-electron chi connectivity index (χ4n) is 3.37. The van der Waals surface area contributed by atoms with Crippen molar-refractivity contribution in [1.29, 1.82) is 0 Å². The van der Waals surface area contributed by atoms with Crippen molar-refractivity contribution in [2.24, 2.45) is 0 Å². The van der Waals surface area contributed by atoms with Crippen molar-refractivity contribution in [3.05, 3.63) is 75.2 Å². The topological polar surface area (TPSA) is 67.5 Å². The van der Waals surface area contributed by atoms with E-state index in [0.717, 1.165) is 23.5 Å². The SMILES string of the molecule is Cc1cc2c(-c3ccc(C=O)cc3C)c3cc(F)c(=O)cc-3oc2cc1O. The van der Waals surface area contributed by atoms with E-state index in [1.807, 2.05) is 6.92 Å². The van der Waals surface area contributed by atoms with Gasteiger partial charge in [0.25, 0.3) is 0 Å². The number of fused-ring (bicyclic) bond motifs is 2. The number of hydrogen-bond acceptors (Lipinski definition) is 4. The minimum absolute atomic E-state index is 0.0639. The Hall–Kier alpha value is -3.47. The highest BCUT2D eigenvalue weighted by Gasteiger charge is 2.21. The number of aryl methyl sites for hydroxylation is 2. The normalized spacial score (nSPS) is 11.2. The van der Waals surface area contributed by atoms with Crippen molar-refractivity contribution in [2.45, 2.75) is 13.8 Å². The average Bonchev–Trinajstić information content (AvgIpc) is 2.63. The maximum Gasteiger partial charge on any atom is 0.217 e. The first-order valence-electron chi connectivity index (χ1n) is 8.35. The molecule has 0 saturated carbocycles. The zero-order chi connectivity index (χ0) is 19.3. The van der Waals surface area contributed by atoms with E-state index in [2.05, 4.69) is 0 Å². The molecule has 0 amide bonds. The van der Waals surface area contributed by atoms with E-state index in [9.17, 15) is 19.1 Å². The van der Waals surface area contributed by atoms with Gasteiger partial charge in [0.05, 0.1) is 0 Å². The third-order valence-corrected chi connectivity index (χ3v) is 4.75. The lowest BCUT2D eigenvalue weighted by Gasteiger charge is -2.17. The van der Waals surface area contributed by atoms with Gasteiger partial charge >= 0.3 is 0 Å². The van der Waals surface area contributed by atoms with Crippen LogP contribution < -0.4 is 5.43 Å². The largest absolute Gasteiger partial charge is 0.508 e. The molecule has 0 unspecified atom stereocenters. The van der Waals surface area contributed by atoms with Gasteiger partial charge in [0.15, 0.2) is 5.82 Å². The summed E-state index contributed by atoms with van der Waals surface area (Å²) >= 11 is 0. The molecule has 1 N–H and O–H groups in total. The van der Waals surface area contributed by atoms with Crippen LogP contribution in [-0.4, -0.2) is 11.4 Å². The smallest absolute Gasteiger partial charge is 0.217 e. The second-order valence-corrected chi connectivity index (χ2v) is 6.58. The third-order valence-electron chi connectivity index (χ3n) is 4.75. The number of phenols is 1. The zero-order valence-electron chi connectivity index (χ0n) is 14.7. The predicted octanol–water partition coefficient (Wildman–Crippen LogP) is 4.84. The molecule has 0 atom stereocenters. The Labute approximate surface area is 153 Å². The van der Waals surface area contributed by atoms with Crippen LogP contribution in [0.4, 0.5) is 4.39 Å². The van der Waals surface area contributed by atoms with Gasteiger partial charge in [-0.3, -0.25) is 9.59 Å². The number of aromatic hydroxyl groups is 1. The number of carbonyl (C=O) groups excluding carboxylic acids is 1. The first-order chi connectivity index (χ1) is 12.9. The van der Waals surface area contributed by atoms with Crippen LogP contribution in [0.5, 0.6) is 5.75 Å². The predicted molar refractivity (Wildman–Crippen MR) is 101 cm³/mol. The van der Waals surface area contributed by atoms with E-state index in [-0.39, 0.29) is 11.5 Å².